The van der Waals surface area contributed by atoms with E-state index in [0.717, 1.165) is 122 Å². The molecule has 7 heteroatoms. The fourth-order valence-electron chi connectivity index (χ4n) is 10.4. The van der Waals surface area contributed by atoms with Crippen LogP contribution in [0.2, 0.25) is 0 Å². The third kappa shape index (κ3) is 4.94. The highest BCUT2D eigenvalue weighted by atomic mass is 16.3. The summed E-state index contributed by atoms with van der Waals surface area (Å²) in [6.07, 6.45) is 8.77. The highest BCUT2D eigenvalue weighted by Gasteiger charge is 2.27. The molecular formula is C56H33BN4O2. The summed E-state index contributed by atoms with van der Waals surface area (Å²) in [5.74, 6) is 0. The maximum absolute atomic E-state index is 11.1. The minimum Gasteiger partial charge on any atom is -0.455 e. The monoisotopic (exact) mass is 804 g/mol. The molecule has 13 rings (SSSR count). The third-order valence-corrected chi connectivity index (χ3v) is 13.2. The number of aromatic nitrogens is 2. The summed E-state index contributed by atoms with van der Waals surface area (Å²) >= 11 is 0. The van der Waals surface area contributed by atoms with Crippen molar-refractivity contribution in [3.05, 3.63) is 181 Å². The summed E-state index contributed by atoms with van der Waals surface area (Å²) in [5.41, 5.74) is 14.5. The number of para-hydroxylation sites is 2. The zero-order chi connectivity index (χ0) is 41.9. The quantitative estimate of drug-likeness (QED) is 0.166. The van der Waals surface area contributed by atoms with E-state index in [0.29, 0.717) is 22.5 Å². The second kappa shape index (κ2) is 13.2. The zero-order valence-corrected chi connectivity index (χ0v) is 34.1. The fraction of sp³-hybridized carbons (Fsp3) is 0.0357. The Morgan fingerprint density at radius 1 is 0.476 bits per heavy atom. The van der Waals surface area contributed by atoms with Gasteiger partial charge < -0.3 is 18.0 Å². The van der Waals surface area contributed by atoms with Crippen LogP contribution in [-0.4, -0.2) is 17.0 Å². The van der Waals surface area contributed by atoms with Crippen molar-refractivity contribution in [1.29, 1.82) is 10.5 Å². The molecule has 63 heavy (non-hydrogen) atoms. The first-order valence-corrected chi connectivity index (χ1v) is 21.3. The van der Waals surface area contributed by atoms with Gasteiger partial charge in [0.25, 0.3) is 0 Å². The highest BCUT2D eigenvalue weighted by Crippen LogP contribution is 2.45. The van der Waals surface area contributed by atoms with Gasteiger partial charge >= 0.3 is 0 Å². The van der Waals surface area contributed by atoms with Crippen molar-refractivity contribution in [2.75, 3.05) is 0 Å². The van der Waals surface area contributed by atoms with Gasteiger partial charge in [-0.15, -0.1) is 0 Å². The van der Waals surface area contributed by atoms with E-state index in [-0.39, 0.29) is 0 Å². The van der Waals surface area contributed by atoms with E-state index >= 15 is 0 Å². The minimum atomic E-state index is 0.405. The lowest BCUT2D eigenvalue weighted by Crippen LogP contribution is -2.22. The van der Waals surface area contributed by atoms with Gasteiger partial charge in [0.2, 0.25) is 0 Å². The van der Waals surface area contributed by atoms with Crippen LogP contribution >= 0.6 is 0 Å². The molecule has 0 saturated heterocycles. The molecule has 12 aromatic rings. The van der Waals surface area contributed by atoms with E-state index < -0.39 is 0 Å². The van der Waals surface area contributed by atoms with E-state index in [4.69, 9.17) is 8.83 Å². The molecule has 6 nitrogen and oxygen atoms in total. The molecule has 0 fully saturated rings. The second-order valence-corrected chi connectivity index (χ2v) is 16.5. The van der Waals surface area contributed by atoms with Crippen molar-refractivity contribution in [2.45, 2.75) is 12.8 Å². The zero-order valence-electron chi connectivity index (χ0n) is 34.1. The van der Waals surface area contributed by atoms with Crippen LogP contribution in [0.4, 0.5) is 0 Å². The Morgan fingerprint density at radius 3 is 1.56 bits per heavy atom. The lowest BCUT2D eigenvalue weighted by Gasteiger charge is -2.20. The molecule has 0 atom stereocenters. The van der Waals surface area contributed by atoms with Crippen LogP contribution < -0.4 is 5.46 Å². The summed E-state index contributed by atoms with van der Waals surface area (Å²) in [6, 6.07) is 55.2. The predicted molar refractivity (Wildman–Crippen MR) is 259 cm³/mol. The number of nitrogens with zero attached hydrogens (tertiary/aromatic N) is 4. The van der Waals surface area contributed by atoms with Gasteiger partial charge in [0.15, 0.2) is 0 Å². The van der Waals surface area contributed by atoms with Gasteiger partial charge in [-0.2, -0.15) is 10.5 Å². The van der Waals surface area contributed by atoms with Crippen LogP contribution in [-0.2, 0) is 0 Å². The smallest absolute Gasteiger partial charge is 0.145 e. The van der Waals surface area contributed by atoms with Crippen molar-refractivity contribution >= 4 is 106 Å². The van der Waals surface area contributed by atoms with Crippen molar-refractivity contribution < 1.29 is 8.83 Å². The first kappa shape index (κ1) is 35.3. The summed E-state index contributed by atoms with van der Waals surface area (Å²) < 4.78 is 17.9. The van der Waals surface area contributed by atoms with Gasteiger partial charge in [-0.3, -0.25) is 0 Å². The molecule has 1 aliphatic rings. The van der Waals surface area contributed by atoms with Crippen LogP contribution in [0.1, 0.15) is 29.5 Å². The summed E-state index contributed by atoms with van der Waals surface area (Å²) in [6.45, 7) is 0. The maximum atomic E-state index is 11.1. The fourth-order valence-corrected chi connectivity index (χ4v) is 10.4. The van der Waals surface area contributed by atoms with Gasteiger partial charge in [0, 0.05) is 32.3 Å². The van der Waals surface area contributed by atoms with Gasteiger partial charge in [-0.1, -0.05) is 97.1 Å². The number of allylic oxidation sites excluding steroid dienone is 4. The summed E-state index contributed by atoms with van der Waals surface area (Å²) in [4.78, 5) is 0. The molecule has 0 spiro atoms. The van der Waals surface area contributed by atoms with Crippen molar-refractivity contribution in [3.8, 4) is 34.6 Å². The van der Waals surface area contributed by atoms with E-state index in [1.165, 1.54) is 5.57 Å². The molecule has 0 N–H and O–H groups in total. The van der Waals surface area contributed by atoms with Crippen molar-refractivity contribution in [1.82, 2.24) is 9.13 Å². The molecule has 4 heterocycles. The normalized spacial score (nSPS) is 13.0. The van der Waals surface area contributed by atoms with Gasteiger partial charge in [-0.05, 0) is 107 Å². The molecule has 0 bridgehead atoms. The van der Waals surface area contributed by atoms with Crippen LogP contribution in [0.15, 0.2) is 173 Å². The Kier molecular flexibility index (Phi) is 7.41. The topological polar surface area (TPSA) is 83.7 Å². The van der Waals surface area contributed by atoms with Crippen LogP contribution in [0.3, 0.4) is 0 Å². The molecule has 0 radical (unpaired) electrons. The largest absolute Gasteiger partial charge is 0.455 e. The van der Waals surface area contributed by atoms with Crippen molar-refractivity contribution in [3.63, 3.8) is 0 Å². The lowest BCUT2D eigenvalue weighted by molar-refractivity contribution is 0.672. The number of hydrogen-bond acceptors (Lipinski definition) is 4. The predicted octanol–water partition coefficient (Wildman–Crippen LogP) is 13.1. The Labute approximate surface area is 361 Å². The molecule has 0 amide bonds. The first-order chi connectivity index (χ1) is 31.1. The minimum absolute atomic E-state index is 0.405. The third-order valence-electron chi connectivity index (χ3n) is 13.2. The van der Waals surface area contributed by atoms with Crippen molar-refractivity contribution in [2.24, 2.45) is 0 Å². The Bertz CT molecular complexity index is 4120. The van der Waals surface area contributed by atoms with E-state index in [1.54, 1.807) is 6.07 Å². The van der Waals surface area contributed by atoms with E-state index in [1.807, 2.05) is 50.3 Å². The standard InChI is InChI=1S/C56H33BN4O2/c57-52-53(60-44-23-19-34(32-11-3-1-4-12-32)28-42(44)50-46(60)25-21-40-38-15-7-9-17-48(38)62-55(40)50)36(30-58)27-37(31-59)54(52)61-45-24-20-35(33-13-5-2-6-14-33)29-43(45)51-47(61)26-22-41-39-16-8-10-18-49(39)63-56(41)51/h1,3-5,7-29H,2,6,57H2. The number of hydrogen-bond donors (Lipinski definition) is 0. The SMILES string of the molecule is Bc1c(-n2c3ccc(C4=CCCC=C4)cc3c3c4oc5ccccc5c4ccc32)c(C#N)cc(C#N)c1-n1c2ccc(-c3ccccc3)cc2c2c3oc4ccccc4c3ccc21. The average molecular weight is 805 g/mol. The Hall–Kier alpha value is -8.52. The molecular weight excluding hydrogens is 771 g/mol. The molecule has 0 unspecified atom stereocenters. The molecule has 0 aliphatic heterocycles. The molecule has 292 valence electrons. The maximum Gasteiger partial charge on any atom is 0.145 e. The molecule has 4 aromatic heterocycles. The summed E-state index contributed by atoms with van der Waals surface area (Å²) in [7, 11) is 2.05. The number of benzene rings is 8. The molecule has 8 aromatic carbocycles. The number of nitriles is 2. The van der Waals surface area contributed by atoms with Gasteiger partial charge in [0.1, 0.15) is 42.3 Å². The Morgan fingerprint density at radius 2 is 1.00 bits per heavy atom. The van der Waals surface area contributed by atoms with E-state index in [2.05, 4.69) is 137 Å². The summed E-state index contributed by atoms with van der Waals surface area (Å²) in [5, 5.41) is 30.3. The van der Waals surface area contributed by atoms with Gasteiger partial charge in [0.05, 0.1) is 55.3 Å². The molecule has 0 saturated carbocycles. The Balaban J connectivity index is 1.16. The van der Waals surface area contributed by atoms with E-state index in [9.17, 15) is 10.5 Å². The number of rotatable bonds is 4. The van der Waals surface area contributed by atoms with Gasteiger partial charge in [-0.25, -0.2) is 0 Å². The van der Waals surface area contributed by atoms with Crippen LogP contribution in [0.25, 0.3) is 116 Å². The average Bonchev–Trinajstić information content (AvgIpc) is 4.09. The highest BCUT2D eigenvalue weighted by molar-refractivity contribution is 6.39. The van der Waals surface area contributed by atoms with Crippen LogP contribution in [0, 0.1) is 22.7 Å². The van der Waals surface area contributed by atoms with Crippen LogP contribution in [0.5, 0.6) is 0 Å². The number of fused-ring (bicyclic) bond motifs is 14. The lowest BCUT2D eigenvalue weighted by atomic mass is 9.86. The number of furan rings is 2. The second-order valence-electron chi connectivity index (χ2n) is 16.5. The molecule has 1 aliphatic carbocycles. The first-order valence-electron chi connectivity index (χ1n) is 21.3.